The van der Waals surface area contributed by atoms with E-state index in [0.717, 1.165) is 11.0 Å². The van der Waals surface area contributed by atoms with Crippen molar-refractivity contribution in [3.05, 3.63) is 58.1 Å². The molecule has 0 saturated carbocycles. The van der Waals surface area contributed by atoms with E-state index in [4.69, 9.17) is 0 Å². The van der Waals surface area contributed by atoms with Crippen molar-refractivity contribution in [3.63, 3.8) is 0 Å². The molecule has 3 heteroatoms. The van der Waals surface area contributed by atoms with E-state index in [9.17, 15) is 0 Å². The lowest BCUT2D eigenvalue weighted by atomic mass is 9.81. The maximum absolute atomic E-state index is 3.68. The summed E-state index contributed by atoms with van der Waals surface area (Å²) in [6, 6.07) is 17.0. The molecule has 4 rings (SSSR count). The molecular formula is C21H23BrNSi. The van der Waals surface area contributed by atoms with E-state index >= 15 is 0 Å². The second-order valence-corrected chi connectivity index (χ2v) is 11.5. The quantitative estimate of drug-likeness (QED) is 0.447. The van der Waals surface area contributed by atoms with Crippen LogP contribution in [0, 0.1) is 0 Å². The molecule has 1 aliphatic rings. The zero-order chi connectivity index (χ0) is 17.1. The van der Waals surface area contributed by atoms with Crippen LogP contribution < -0.4 is 0 Å². The Labute approximate surface area is 154 Å². The second-order valence-electron chi connectivity index (χ2n) is 7.66. The minimum Gasteiger partial charge on any atom is -0.341 e. The molecule has 1 nitrogen and oxygen atoms in total. The van der Waals surface area contributed by atoms with Crippen molar-refractivity contribution in [2.75, 3.05) is 0 Å². The normalized spacial score (nSPS) is 15.1. The fourth-order valence-corrected chi connectivity index (χ4v) is 5.21. The molecule has 0 amide bonds. The van der Waals surface area contributed by atoms with E-state index in [1.54, 1.807) is 0 Å². The lowest BCUT2D eigenvalue weighted by molar-refractivity contribution is 0.665. The van der Waals surface area contributed by atoms with Crippen molar-refractivity contribution in [3.8, 4) is 11.3 Å². The van der Waals surface area contributed by atoms with Gasteiger partial charge < -0.3 is 4.57 Å². The van der Waals surface area contributed by atoms with Crippen LogP contribution in [0.4, 0.5) is 0 Å². The molecule has 1 heterocycles. The smallest absolute Gasteiger partial charge is 0.0535 e. The summed E-state index contributed by atoms with van der Waals surface area (Å²) in [4.78, 5) is 0. The van der Waals surface area contributed by atoms with Gasteiger partial charge in [0.1, 0.15) is 0 Å². The van der Waals surface area contributed by atoms with E-state index in [1.807, 2.05) is 0 Å². The van der Waals surface area contributed by atoms with E-state index < -0.39 is 0 Å². The van der Waals surface area contributed by atoms with Crippen LogP contribution in [0.25, 0.3) is 22.2 Å². The molecule has 0 unspecified atom stereocenters. The molecular weight excluding hydrogens is 374 g/mol. The Morgan fingerprint density at radius 3 is 2.58 bits per heavy atom. The molecule has 0 fully saturated rings. The lowest BCUT2D eigenvalue weighted by Crippen LogP contribution is -2.14. The fourth-order valence-electron chi connectivity index (χ4n) is 4.18. The monoisotopic (exact) mass is 396 g/mol. The summed E-state index contributed by atoms with van der Waals surface area (Å²) in [5.74, 6) is 0. The second kappa shape index (κ2) is 5.60. The Hall–Kier alpha value is -1.32. The average molecular weight is 397 g/mol. The van der Waals surface area contributed by atoms with Gasteiger partial charge in [0.2, 0.25) is 0 Å². The Morgan fingerprint density at radius 1 is 1.08 bits per heavy atom. The van der Waals surface area contributed by atoms with Crippen LogP contribution in [0.5, 0.6) is 0 Å². The minimum atomic E-state index is -0.238. The van der Waals surface area contributed by atoms with Gasteiger partial charge >= 0.3 is 0 Å². The molecule has 1 radical (unpaired) electrons. The van der Waals surface area contributed by atoms with Crippen molar-refractivity contribution in [2.45, 2.75) is 44.9 Å². The molecule has 0 spiro atoms. The third kappa shape index (κ3) is 2.25. The lowest BCUT2D eigenvalue weighted by Gasteiger charge is -2.21. The van der Waals surface area contributed by atoms with Crippen molar-refractivity contribution in [1.29, 1.82) is 0 Å². The third-order valence-electron chi connectivity index (χ3n) is 5.34. The first-order valence-electron chi connectivity index (χ1n) is 8.62. The molecule has 0 atom stereocenters. The molecule has 1 aliphatic carbocycles. The molecule has 0 aliphatic heterocycles. The highest BCUT2D eigenvalue weighted by atomic mass is 79.9. The summed E-state index contributed by atoms with van der Waals surface area (Å²) < 4.78 is 3.75. The summed E-state index contributed by atoms with van der Waals surface area (Å²) in [5, 5.41) is 1.40. The fraction of sp³-hybridized carbons (Fsp3) is 0.333. The first-order valence-corrected chi connectivity index (χ1v) is 12.1. The van der Waals surface area contributed by atoms with Gasteiger partial charge in [-0.2, -0.15) is 0 Å². The van der Waals surface area contributed by atoms with Gasteiger partial charge in [-0.25, -0.2) is 0 Å². The van der Waals surface area contributed by atoms with Gasteiger partial charge in [0.15, 0.2) is 0 Å². The van der Waals surface area contributed by atoms with Crippen LogP contribution in [-0.2, 0) is 12.0 Å². The standard InChI is InChI=1S/C21H23BrNSi/c1-21(2)17-8-6-5-7-15(17)20-19(21)16-13-14(22)9-10-18(16)23(20)11-12-24(3)4/h5-10,13H,11-12H2,1-4H3. The van der Waals surface area contributed by atoms with Crippen LogP contribution >= 0.6 is 15.9 Å². The molecule has 0 N–H and O–H groups in total. The largest absolute Gasteiger partial charge is 0.341 e. The SMILES string of the molecule is C[Si](C)CCn1c2c(c3cc(Br)ccc31)C(C)(C)c1ccccc1-2. The summed E-state index contributed by atoms with van der Waals surface area (Å²) in [5.41, 5.74) is 7.28. The van der Waals surface area contributed by atoms with Crippen molar-refractivity contribution < 1.29 is 0 Å². The predicted octanol–water partition coefficient (Wildman–Crippen LogP) is 6.46. The highest BCUT2D eigenvalue weighted by Gasteiger charge is 2.39. The van der Waals surface area contributed by atoms with Crippen molar-refractivity contribution >= 4 is 35.6 Å². The minimum absolute atomic E-state index is 0.0580. The molecule has 2 aromatic carbocycles. The summed E-state index contributed by atoms with van der Waals surface area (Å²) in [6.07, 6.45) is 0. The topological polar surface area (TPSA) is 4.93 Å². The summed E-state index contributed by atoms with van der Waals surface area (Å²) in [6.45, 7) is 10.7. The zero-order valence-corrected chi connectivity index (χ0v) is 17.4. The first-order chi connectivity index (χ1) is 11.4. The summed E-state index contributed by atoms with van der Waals surface area (Å²) >= 11 is 3.68. The van der Waals surface area contributed by atoms with Crippen LogP contribution in [0.3, 0.4) is 0 Å². The predicted molar refractivity (Wildman–Crippen MR) is 109 cm³/mol. The van der Waals surface area contributed by atoms with E-state index in [2.05, 4.69) is 89.9 Å². The molecule has 0 saturated heterocycles. The zero-order valence-electron chi connectivity index (χ0n) is 14.8. The maximum Gasteiger partial charge on any atom is 0.0535 e. The number of aromatic nitrogens is 1. The van der Waals surface area contributed by atoms with E-state index in [1.165, 1.54) is 39.3 Å². The number of rotatable bonds is 3. The maximum atomic E-state index is 3.68. The van der Waals surface area contributed by atoms with Gasteiger partial charge in [-0.05, 0) is 35.4 Å². The Kier molecular flexibility index (Phi) is 3.77. The average Bonchev–Trinajstić information content (AvgIpc) is 2.97. The molecule has 123 valence electrons. The van der Waals surface area contributed by atoms with Gasteiger partial charge in [0.25, 0.3) is 0 Å². The number of hydrogen-bond acceptors (Lipinski definition) is 0. The van der Waals surface area contributed by atoms with Gasteiger partial charge in [-0.3, -0.25) is 0 Å². The van der Waals surface area contributed by atoms with Crippen LogP contribution in [0.15, 0.2) is 46.9 Å². The highest BCUT2D eigenvalue weighted by Crippen LogP contribution is 2.53. The molecule has 24 heavy (non-hydrogen) atoms. The Morgan fingerprint density at radius 2 is 1.83 bits per heavy atom. The van der Waals surface area contributed by atoms with E-state index in [-0.39, 0.29) is 14.2 Å². The first kappa shape index (κ1) is 16.2. The van der Waals surface area contributed by atoms with Crippen LogP contribution in [-0.4, -0.2) is 13.4 Å². The van der Waals surface area contributed by atoms with Crippen LogP contribution in [0.2, 0.25) is 19.1 Å². The van der Waals surface area contributed by atoms with Gasteiger partial charge in [0, 0.05) is 41.7 Å². The number of fused-ring (bicyclic) bond motifs is 5. The summed E-state index contributed by atoms with van der Waals surface area (Å²) in [7, 11) is -0.238. The number of halogens is 1. The number of benzene rings is 2. The molecule has 3 aromatic rings. The Balaban J connectivity index is 2.07. The number of nitrogens with zero attached hydrogens (tertiary/aromatic N) is 1. The Bertz CT molecular complexity index is 936. The van der Waals surface area contributed by atoms with Crippen molar-refractivity contribution in [2.24, 2.45) is 0 Å². The number of hydrogen-bond donors (Lipinski definition) is 0. The van der Waals surface area contributed by atoms with Gasteiger partial charge in [-0.15, -0.1) is 0 Å². The van der Waals surface area contributed by atoms with Crippen LogP contribution in [0.1, 0.15) is 25.0 Å². The van der Waals surface area contributed by atoms with Gasteiger partial charge in [-0.1, -0.05) is 67.1 Å². The van der Waals surface area contributed by atoms with E-state index in [0.29, 0.717) is 0 Å². The highest BCUT2D eigenvalue weighted by molar-refractivity contribution is 9.10. The number of aryl methyl sites for hydroxylation is 1. The van der Waals surface area contributed by atoms with Crippen molar-refractivity contribution in [1.82, 2.24) is 4.57 Å². The third-order valence-corrected chi connectivity index (χ3v) is 7.06. The molecule has 0 bridgehead atoms. The van der Waals surface area contributed by atoms with Gasteiger partial charge in [0.05, 0.1) is 5.69 Å². The molecule has 1 aromatic heterocycles.